The lowest BCUT2D eigenvalue weighted by atomic mass is 10.1. The molecule has 0 radical (unpaired) electrons. The summed E-state index contributed by atoms with van der Waals surface area (Å²) >= 11 is 1.11. The average Bonchev–Trinajstić information content (AvgIpc) is 3.03. The van der Waals surface area contributed by atoms with Gasteiger partial charge in [0.1, 0.15) is 32.5 Å². The third kappa shape index (κ3) is 9.28. The number of phenolic OH excluding ortho intramolecular Hbond substituents is 1. The summed E-state index contributed by atoms with van der Waals surface area (Å²) in [4.78, 5) is -1.66. The summed E-state index contributed by atoms with van der Waals surface area (Å²) in [5.41, 5.74) is 9.98. The fourth-order valence-electron chi connectivity index (χ4n) is 3.87. The Morgan fingerprint density at radius 1 is 0.633 bits per heavy atom. The molecule has 0 atom stereocenters. The Kier molecular flexibility index (Phi) is 12.7. The highest BCUT2D eigenvalue weighted by atomic mass is 32.2. The van der Waals surface area contributed by atoms with Crippen LogP contribution in [0.5, 0.6) is 5.75 Å². The van der Waals surface area contributed by atoms with Crippen LogP contribution in [0.1, 0.15) is 0 Å². The maximum Gasteiger partial charge on any atom is 0.296 e. The van der Waals surface area contributed by atoms with Crippen LogP contribution in [0.2, 0.25) is 0 Å². The minimum absolute atomic E-state index is 0.0795. The average molecular weight is 783 g/mol. The first kappa shape index (κ1) is 38.1. The molecule has 0 saturated heterocycles. The van der Waals surface area contributed by atoms with Gasteiger partial charge in [0.2, 0.25) is 0 Å². The van der Waals surface area contributed by atoms with E-state index in [4.69, 9.17) is 27.2 Å². The number of hydrogen-bond donors (Lipinski definition) is 8. The Labute approximate surface area is 285 Å². The van der Waals surface area contributed by atoms with Gasteiger partial charge >= 0.3 is 0 Å². The maximum absolute atomic E-state index is 12.4. The molecule has 0 heterocycles. The van der Waals surface area contributed by atoms with Crippen molar-refractivity contribution in [3.8, 4) is 5.75 Å². The fourth-order valence-corrected chi connectivity index (χ4v) is 6.44. The molecule has 22 nitrogen and oxygen atoms in total. The molecule has 10 N–H and O–H groups in total. The van der Waals surface area contributed by atoms with E-state index in [1.54, 1.807) is 0 Å². The van der Waals surface area contributed by atoms with E-state index in [2.05, 4.69) is 48.6 Å². The molecule has 0 amide bonds. The van der Waals surface area contributed by atoms with E-state index in [1.165, 1.54) is 18.2 Å². The number of fused-ring (bicyclic) bond motifs is 1. The molecular weight excluding hydrogens is 765 g/mol. The highest BCUT2D eigenvalue weighted by Crippen LogP contribution is 2.50. The minimum Gasteiger partial charge on any atom is -0.505 e. The lowest BCUT2D eigenvalue weighted by Gasteiger charge is -2.14. The van der Waals surface area contributed by atoms with E-state index in [0.717, 1.165) is 30.3 Å². The van der Waals surface area contributed by atoms with Gasteiger partial charge in [0.15, 0.2) is 5.75 Å². The van der Waals surface area contributed by atoms with Crippen LogP contribution in [-0.4, -0.2) is 46.8 Å². The van der Waals surface area contributed by atoms with Crippen molar-refractivity contribution in [3.05, 3.63) is 48.5 Å². The van der Waals surface area contributed by atoms with Crippen LogP contribution in [0, 0.1) is 0 Å². The lowest BCUT2D eigenvalue weighted by Crippen LogP contribution is -2.00. The van der Waals surface area contributed by atoms with E-state index in [1.807, 2.05) is 0 Å². The molecule has 0 aliphatic heterocycles. The van der Waals surface area contributed by atoms with Crippen LogP contribution in [0.15, 0.2) is 93.5 Å². The summed E-state index contributed by atoms with van der Waals surface area (Å²) in [5.74, 6) is -0.968. The van der Waals surface area contributed by atoms with Crippen LogP contribution >= 0.6 is 36.1 Å². The van der Waals surface area contributed by atoms with Gasteiger partial charge in [-0.2, -0.15) is 16.8 Å². The fraction of sp³-hybridized carbons (Fsp3) is 0. The van der Waals surface area contributed by atoms with E-state index in [9.17, 15) is 31.0 Å². The van der Waals surface area contributed by atoms with Gasteiger partial charge in [-0.3, -0.25) is 9.11 Å². The van der Waals surface area contributed by atoms with E-state index in [0.29, 0.717) is 24.1 Å². The maximum atomic E-state index is 12.4. The molecule has 4 aromatic rings. The number of nitrogens with zero attached hydrogens (tertiary/aromatic N) is 4. The third-order valence-electron chi connectivity index (χ3n) is 5.77. The van der Waals surface area contributed by atoms with Gasteiger partial charge in [-0.05, 0) is 53.9 Å². The zero-order valence-electron chi connectivity index (χ0n) is 23.4. The van der Waals surface area contributed by atoms with Crippen molar-refractivity contribution in [2.45, 2.75) is 24.5 Å². The minimum atomic E-state index is -5.14. The summed E-state index contributed by atoms with van der Waals surface area (Å²) in [5, 5.41) is 62.5. The monoisotopic (exact) mass is 782 g/mol. The number of aromatic hydroxyl groups is 1. The van der Waals surface area contributed by atoms with Gasteiger partial charge in [0, 0.05) is 10.6 Å². The molecule has 49 heavy (non-hydrogen) atoms. The molecule has 262 valence electrons. The van der Waals surface area contributed by atoms with Gasteiger partial charge in [-0.15, -0.1) is 33.5 Å². The Morgan fingerprint density at radius 3 is 1.86 bits per heavy atom. The Hall–Kier alpha value is -3.75. The van der Waals surface area contributed by atoms with Gasteiger partial charge in [0.05, 0.1) is 57.0 Å². The number of anilines is 2. The van der Waals surface area contributed by atoms with Crippen LogP contribution in [-0.2, 0) is 48.4 Å². The molecule has 0 aromatic heterocycles. The quantitative estimate of drug-likeness (QED) is 0.0163. The van der Waals surface area contributed by atoms with Crippen molar-refractivity contribution in [2.24, 2.45) is 20.5 Å². The smallest absolute Gasteiger partial charge is 0.296 e. The topological polar surface area (TPSA) is 347 Å². The predicted octanol–water partition coefficient (Wildman–Crippen LogP) is 6.32. The van der Waals surface area contributed by atoms with Crippen molar-refractivity contribution < 1.29 is 74.9 Å². The predicted molar refractivity (Wildman–Crippen MR) is 167 cm³/mol. The van der Waals surface area contributed by atoms with Crippen molar-refractivity contribution in [1.82, 2.24) is 0 Å². The third-order valence-corrected chi connectivity index (χ3v) is 9.38. The normalized spacial score (nSPS) is 12.5. The standard InChI is InChI=1S/C22H18N6O16S5/c23-10-1-3-14(46-43-40-31)12(7-10)25-28-21-17(49(36,37)38)6-9-5-15(47-44-41-32)20(19(24)18(9)22(21)29)27-26-13-8-11(45-42-39-30)2-4-16(13)48(33,34)35/h1-8,29-32H,23-24H2,(H,33,34,35)(H,36,37,38). The first-order valence-corrected chi connectivity index (χ1v) is 17.2. The van der Waals surface area contributed by atoms with Crippen LogP contribution in [0.25, 0.3) is 10.8 Å². The summed E-state index contributed by atoms with van der Waals surface area (Å²) in [7, 11) is -10.0. The highest BCUT2D eigenvalue weighted by Gasteiger charge is 2.26. The molecule has 4 aromatic carbocycles. The van der Waals surface area contributed by atoms with Crippen LogP contribution in [0.4, 0.5) is 34.1 Å². The molecule has 0 saturated carbocycles. The van der Waals surface area contributed by atoms with Crippen molar-refractivity contribution in [2.75, 3.05) is 11.5 Å². The van der Waals surface area contributed by atoms with E-state index in [-0.39, 0.29) is 48.9 Å². The molecule has 0 bridgehead atoms. The number of nitrogens with two attached hydrogens (primary N) is 2. The molecule has 0 spiro atoms. The largest absolute Gasteiger partial charge is 0.505 e. The van der Waals surface area contributed by atoms with Crippen molar-refractivity contribution in [3.63, 3.8) is 0 Å². The number of hydrogen-bond acceptors (Lipinski definition) is 23. The highest BCUT2D eigenvalue weighted by molar-refractivity contribution is 7.95. The SMILES string of the molecule is Nc1ccc(SOOO)c(N=Nc2c(S(=O)(=O)O)cc3cc(SOOO)c(N=Nc4cc(SOOO)ccc4S(=O)(=O)O)c(N)c3c2O)c1. The number of azo groups is 2. The van der Waals surface area contributed by atoms with Crippen molar-refractivity contribution in [1.29, 1.82) is 0 Å². The van der Waals surface area contributed by atoms with E-state index >= 15 is 0 Å². The molecule has 0 aliphatic rings. The van der Waals surface area contributed by atoms with Crippen LogP contribution in [0.3, 0.4) is 0 Å². The summed E-state index contributed by atoms with van der Waals surface area (Å²) in [6.45, 7) is 0. The molecule has 27 heteroatoms. The second kappa shape index (κ2) is 16.3. The zero-order valence-corrected chi connectivity index (χ0v) is 27.5. The number of nitrogen functional groups attached to an aromatic ring is 2. The molecule has 4 rings (SSSR count). The first-order chi connectivity index (χ1) is 23.2. The van der Waals surface area contributed by atoms with Gasteiger partial charge in [0.25, 0.3) is 20.2 Å². The zero-order chi connectivity index (χ0) is 35.9. The van der Waals surface area contributed by atoms with Gasteiger partial charge < -0.3 is 16.6 Å². The first-order valence-electron chi connectivity index (χ1n) is 12.1. The second-order valence-corrected chi connectivity index (χ2v) is 13.7. The Bertz CT molecular complexity index is 2150. The van der Waals surface area contributed by atoms with Gasteiger partial charge in [-0.25, -0.2) is 15.8 Å². The molecule has 0 unspecified atom stereocenters. The Balaban J connectivity index is 1.97. The summed E-state index contributed by atoms with van der Waals surface area (Å²) < 4.78 is 81.6. The number of phenols is 1. The Morgan fingerprint density at radius 2 is 1.22 bits per heavy atom. The van der Waals surface area contributed by atoms with Crippen molar-refractivity contribution >= 4 is 101 Å². The van der Waals surface area contributed by atoms with E-state index < -0.39 is 58.5 Å². The van der Waals surface area contributed by atoms with Crippen LogP contribution < -0.4 is 11.5 Å². The molecule has 0 aliphatic carbocycles. The summed E-state index contributed by atoms with van der Waals surface area (Å²) in [6.07, 6.45) is 0. The lowest BCUT2D eigenvalue weighted by molar-refractivity contribution is -0.432. The molecular formula is C22H18N6O16S5. The van der Waals surface area contributed by atoms with Gasteiger partial charge in [-0.1, -0.05) is 15.1 Å². The number of rotatable bonds is 15. The second-order valence-electron chi connectivity index (χ2n) is 8.69. The summed E-state index contributed by atoms with van der Waals surface area (Å²) in [6, 6.07) is 9.11. The number of benzene rings is 4. The molecule has 0 fully saturated rings.